The van der Waals surface area contributed by atoms with Crippen molar-refractivity contribution in [1.82, 2.24) is 25.8 Å². The van der Waals surface area contributed by atoms with Gasteiger partial charge in [-0.2, -0.15) is 0 Å². The highest BCUT2D eigenvalue weighted by molar-refractivity contribution is 5.94. The third-order valence-electron chi connectivity index (χ3n) is 7.10. The summed E-state index contributed by atoms with van der Waals surface area (Å²) >= 11 is 0. The van der Waals surface area contributed by atoms with E-state index in [0.29, 0.717) is 19.4 Å². The van der Waals surface area contributed by atoms with Crippen molar-refractivity contribution in [1.29, 1.82) is 0 Å². The zero-order valence-corrected chi connectivity index (χ0v) is 23.1. The second-order valence-electron chi connectivity index (χ2n) is 9.86. The molecule has 0 unspecified atom stereocenters. The highest BCUT2D eigenvalue weighted by Gasteiger charge is 2.35. The van der Waals surface area contributed by atoms with E-state index >= 15 is 0 Å². The summed E-state index contributed by atoms with van der Waals surface area (Å²) in [6, 6.07) is 17.2. The van der Waals surface area contributed by atoms with E-state index in [1.807, 2.05) is 74.5 Å². The van der Waals surface area contributed by atoms with Crippen molar-refractivity contribution in [3.05, 3.63) is 84.2 Å². The van der Waals surface area contributed by atoms with Crippen LogP contribution in [0.3, 0.4) is 0 Å². The summed E-state index contributed by atoms with van der Waals surface area (Å²) < 4.78 is 0. The van der Waals surface area contributed by atoms with Crippen LogP contribution in [0.1, 0.15) is 38.3 Å². The summed E-state index contributed by atoms with van der Waals surface area (Å²) in [6.45, 7) is 5.60. The first-order valence-corrected chi connectivity index (χ1v) is 13.4. The number of hydrogen-bond acceptors (Lipinski definition) is 5. The fourth-order valence-electron chi connectivity index (χ4n) is 4.31. The van der Waals surface area contributed by atoms with E-state index in [1.54, 1.807) is 31.3 Å². The van der Waals surface area contributed by atoms with E-state index in [0.717, 1.165) is 11.1 Å². The minimum absolute atomic E-state index is 0.137. The van der Waals surface area contributed by atoms with Gasteiger partial charge in [0.25, 0.3) is 0 Å². The zero-order valence-electron chi connectivity index (χ0n) is 23.1. The Labute approximate surface area is 230 Å². The van der Waals surface area contributed by atoms with Crippen molar-refractivity contribution in [2.24, 2.45) is 5.92 Å². The smallest absolute Gasteiger partial charge is 0.250 e. The van der Waals surface area contributed by atoms with Gasteiger partial charge in [-0.25, -0.2) is 0 Å². The number of benzene rings is 2. The fraction of sp³-hybridized carbons (Fsp3) is 0.400. The van der Waals surface area contributed by atoms with Gasteiger partial charge in [0, 0.05) is 18.8 Å². The van der Waals surface area contributed by atoms with Crippen LogP contribution in [0, 0.1) is 5.92 Å². The van der Waals surface area contributed by atoms with Gasteiger partial charge >= 0.3 is 0 Å². The van der Waals surface area contributed by atoms with Crippen LogP contribution < -0.4 is 16.0 Å². The van der Waals surface area contributed by atoms with Crippen molar-refractivity contribution in [2.75, 3.05) is 13.6 Å². The highest BCUT2D eigenvalue weighted by atomic mass is 16.2. The standard InChI is InChI=1S/C30H39N5O4/c1-5-21(2)27(33-28(37)22(3)31-4)29(38)32-19-26(36)35-17-16-34(20-24-14-10-7-11-15-24)30(39)25(35)18-23-12-8-6-9-13-23/h6-17,21-22,25,27,31H,5,18-20H2,1-4H3,(H,32,38)(H,33,37)/t21-,22+,25+,27+/m1/s1. The Balaban J connectivity index is 1.74. The molecule has 3 rings (SSSR count). The minimum Gasteiger partial charge on any atom is -0.345 e. The Hall–Kier alpha value is -3.98. The van der Waals surface area contributed by atoms with Crippen molar-refractivity contribution < 1.29 is 19.2 Å². The van der Waals surface area contributed by atoms with Crippen LogP contribution in [-0.4, -0.2) is 65.1 Å². The Kier molecular flexibility index (Phi) is 10.8. The van der Waals surface area contributed by atoms with Gasteiger partial charge in [-0.3, -0.25) is 19.2 Å². The number of carbonyl (C=O) groups excluding carboxylic acids is 4. The van der Waals surface area contributed by atoms with E-state index in [2.05, 4.69) is 16.0 Å². The predicted molar refractivity (Wildman–Crippen MR) is 150 cm³/mol. The van der Waals surface area contributed by atoms with Gasteiger partial charge in [0.1, 0.15) is 12.1 Å². The van der Waals surface area contributed by atoms with Crippen molar-refractivity contribution in [3.63, 3.8) is 0 Å². The summed E-state index contributed by atoms with van der Waals surface area (Å²) in [7, 11) is 1.67. The molecule has 2 aromatic carbocycles. The Morgan fingerprint density at radius 2 is 1.51 bits per heavy atom. The molecule has 1 aliphatic heterocycles. The average Bonchev–Trinajstić information content (AvgIpc) is 2.96. The quantitative estimate of drug-likeness (QED) is 0.388. The van der Waals surface area contributed by atoms with Gasteiger partial charge in [-0.05, 0) is 31.0 Å². The monoisotopic (exact) mass is 533 g/mol. The molecule has 0 bridgehead atoms. The summed E-state index contributed by atoms with van der Waals surface area (Å²) in [5.41, 5.74) is 1.90. The van der Waals surface area contributed by atoms with Crippen LogP contribution >= 0.6 is 0 Å². The van der Waals surface area contributed by atoms with E-state index in [1.165, 1.54) is 4.90 Å². The molecule has 2 aromatic rings. The molecule has 0 aromatic heterocycles. The van der Waals surface area contributed by atoms with Crippen LogP contribution in [-0.2, 0) is 32.1 Å². The molecule has 0 saturated heterocycles. The van der Waals surface area contributed by atoms with E-state index < -0.39 is 29.9 Å². The molecule has 1 heterocycles. The van der Waals surface area contributed by atoms with Crippen LogP contribution in [0.25, 0.3) is 0 Å². The number of likely N-dealkylation sites (N-methyl/N-ethyl adjacent to an activating group) is 1. The molecule has 4 atom stereocenters. The average molecular weight is 534 g/mol. The van der Waals surface area contributed by atoms with Gasteiger partial charge in [-0.15, -0.1) is 0 Å². The lowest BCUT2D eigenvalue weighted by atomic mass is 9.98. The maximum Gasteiger partial charge on any atom is 0.250 e. The van der Waals surface area contributed by atoms with Gasteiger partial charge < -0.3 is 25.8 Å². The summed E-state index contributed by atoms with van der Waals surface area (Å²) in [6.07, 6.45) is 4.22. The first kappa shape index (κ1) is 29.6. The molecule has 39 heavy (non-hydrogen) atoms. The Morgan fingerprint density at radius 1 is 0.897 bits per heavy atom. The fourth-order valence-corrected chi connectivity index (χ4v) is 4.31. The van der Waals surface area contributed by atoms with Crippen molar-refractivity contribution >= 4 is 23.6 Å². The SMILES string of the molecule is CC[C@@H](C)[C@H](NC(=O)[C@H](C)NC)C(=O)NCC(=O)N1C=CN(Cc2ccccc2)C(=O)[C@@H]1Cc1ccccc1. The summed E-state index contributed by atoms with van der Waals surface area (Å²) in [5.74, 6) is -1.48. The number of nitrogens with one attached hydrogen (secondary N) is 3. The summed E-state index contributed by atoms with van der Waals surface area (Å²) in [4.78, 5) is 55.4. The molecule has 208 valence electrons. The number of hydrogen-bond donors (Lipinski definition) is 3. The zero-order chi connectivity index (χ0) is 28.4. The maximum absolute atomic E-state index is 13.6. The van der Waals surface area contributed by atoms with Crippen molar-refractivity contribution in [3.8, 4) is 0 Å². The molecule has 0 radical (unpaired) electrons. The Bertz CT molecular complexity index is 1150. The second kappa shape index (κ2) is 14.2. The molecule has 0 aliphatic carbocycles. The topological polar surface area (TPSA) is 111 Å². The lowest BCUT2D eigenvalue weighted by Gasteiger charge is -2.36. The molecule has 0 saturated carbocycles. The molecular weight excluding hydrogens is 494 g/mol. The van der Waals surface area contributed by atoms with E-state index in [-0.39, 0.29) is 24.3 Å². The second-order valence-corrected chi connectivity index (χ2v) is 9.86. The van der Waals surface area contributed by atoms with Crippen molar-refractivity contribution in [2.45, 2.75) is 58.3 Å². The van der Waals surface area contributed by atoms with Crippen LogP contribution in [0.2, 0.25) is 0 Å². The molecule has 0 fully saturated rings. The van der Waals surface area contributed by atoms with Crippen LogP contribution in [0.4, 0.5) is 0 Å². The minimum atomic E-state index is -0.786. The number of rotatable bonds is 12. The molecule has 0 spiro atoms. The van der Waals surface area contributed by atoms with E-state index in [9.17, 15) is 19.2 Å². The predicted octanol–water partition coefficient (Wildman–Crippen LogP) is 2.19. The van der Waals surface area contributed by atoms with Gasteiger partial charge in [0.15, 0.2) is 0 Å². The molecule has 9 heteroatoms. The van der Waals surface area contributed by atoms with E-state index in [4.69, 9.17) is 0 Å². The van der Waals surface area contributed by atoms with Gasteiger partial charge in [0.05, 0.1) is 19.1 Å². The largest absolute Gasteiger partial charge is 0.345 e. The normalized spacial score (nSPS) is 17.3. The lowest BCUT2D eigenvalue weighted by molar-refractivity contribution is -0.143. The van der Waals surface area contributed by atoms with Crippen LogP contribution in [0.5, 0.6) is 0 Å². The number of amides is 4. The molecule has 4 amide bonds. The lowest BCUT2D eigenvalue weighted by Crippen LogP contribution is -2.56. The van der Waals surface area contributed by atoms with Crippen LogP contribution in [0.15, 0.2) is 73.1 Å². The molecule has 3 N–H and O–H groups in total. The van der Waals surface area contributed by atoms with Gasteiger partial charge in [0.2, 0.25) is 23.6 Å². The highest BCUT2D eigenvalue weighted by Crippen LogP contribution is 2.20. The molecule has 1 aliphatic rings. The number of carbonyl (C=O) groups is 4. The number of nitrogens with zero attached hydrogens (tertiary/aromatic N) is 2. The first-order valence-electron chi connectivity index (χ1n) is 13.4. The summed E-state index contributed by atoms with van der Waals surface area (Å²) in [5, 5.41) is 8.33. The molecular formula is C30H39N5O4. The Morgan fingerprint density at radius 3 is 2.10 bits per heavy atom. The first-order chi connectivity index (χ1) is 18.7. The maximum atomic E-state index is 13.6. The third kappa shape index (κ3) is 8.00. The third-order valence-corrected chi connectivity index (χ3v) is 7.10. The molecule has 9 nitrogen and oxygen atoms in total. The van der Waals surface area contributed by atoms with Gasteiger partial charge in [-0.1, -0.05) is 80.9 Å².